The van der Waals surface area contributed by atoms with Gasteiger partial charge in [0.25, 0.3) is 0 Å². The number of nitrogens with one attached hydrogen (secondary N) is 1. The van der Waals surface area contributed by atoms with Gasteiger partial charge >= 0.3 is 0 Å². The molecule has 0 atom stereocenters. The maximum Gasteiger partial charge on any atom is 0.249 e. The number of nitrogens with zero attached hydrogens (tertiary/aromatic N) is 2. The van der Waals surface area contributed by atoms with Crippen LogP contribution in [0.2, 0.25) is 0 Å². The van der Waals surface area contributed by atoms with Crippen LogP contribution in [0.3, 0.4) is 0 Å². The van der Waals surface area contributed by atoms with E-state index >= 15 is 0 Å². The van der Waals surface area contributed by atoms with Gasteiger partial charge < -0.3 is 21.6 Å². The van der Waals surface area contributed by atoms with Crippen LogP contribution in [-0.2, 0) is 46.3 Å². The van der Waals surface area contributed by atoms with E-state index in [1.165, 1.54) is 6.20 Å². The van der Waals surface area contributed by atoms with Crippen molar-refractivity contribution < 1.29 is 50.8 Å². The van der Waals surface area contributed by atoms with E-state index in [1.54, 1.807) is 0 Å². The van der Waals surface area contributed by atoms with Gasteiger partial charge in [-0.25, -0.2) is 0 Å². The average molecular weight is 763 g/mol. The Kier molecular flexibility index (Phi) is 11.3. The molecule has 12 heavy (non-hydrogen) atoms. The van der Waals surface area contributed by atoms with Crippen molar-refractivity contribution in [3.05, 3.63) is 13.1 Å². The third-order valence-electron chi connectivity index (χ3n) is 0.624. The molecular weight excluding hydrogens is 759 g/mol. The van der Waals surface area contributed by atoms with Gasteiger partial charge in [-0.2, -0.15) is 0 Å². The van der Waals surface area contributed by atoms with Crippen molar-refractivity contribution in [2.45, 2.75) is 0 Å². The second kappa shape index (κ2) is 7.93. The quantitative estimate of drug-likeness (QED) is 0.405. The molecule has 1 amide bonds. The summed E-state index contributed by atoms with van der Waals surface area (Å²) >= 11 is 0. The van der Waals surface area contributed by atoms with Gasteiger partial charge in [-0.15, -0.1) is 5.10 Å². The van der Waals surface area contributed by atoms with Crippen molar-refractivity contribution in [3.63, 3.8) is 0 Å². The number of anilines is 1. The molecule has 5 nitrogen and oxygen atoms in total. The van der Waals surface area contributed by atoms with Crippen molar-refractivity contribution in [3.8, 4) is 0 Å². The molecule has 0 bridgehead atoms. The van der Waals surface area contributed by atoms with Gasteiger partial charge in [0, 0.05) is 46.8 Å². The molecule has 1 aromatic heterocycles. The number of hydrogen-bond donors (Lipinski definition) is 1. The third-order valence-corrected chi connectivity index (χ3v) is 0.624. The van der Waals surface area contributed by atoms with Crippen molar-refractivity contribution >= 4 is 11.8 Å². The van der Waals surface area contributed by atoms with Crippen LogP contribution in [-0.4, -0.2) is 16.3 Å². The van der Waals surface area contributed by atoms with Gasteiger partial charge in [-0.3, -0.25) is 0 Å². The van der Waals surface area contributed by atoms with Gasteiger partial charge in [-0.1, -0.05) is 0 Å². The van der Waals surface area contributed by atoms with Gasteiger partial charge in [0.05, 0.1) is 5.91 Å². The molecule has 0 fully saturated rings. The Labute approximate surface area is 91.2 Å². The van der Waals surface area contributed by atoms with E-state index < -0.39 is 5.91 Å². The maximum absolute atomic E-state index is 10.2. The fraction of sp³-hybridized carbons (Fsp3) is 0. The van der Waals surface area contributed by atoms with Crippen LogP contribution in [0.25, 0.3) is 0 Å². The molecule has 0 aliphatic rings. The standard InChI is InChI=1S/C4H4N3O2.Re.Rf.W/c1-3(8)6-4-2-5-7-9-4;;;/h2H,1H2,(H,6,8);;;/q-1;;;. The Morgan fingerprint density at radius 2 is 2.25 bits per heavy atom. The Morgan fingerprint density at radius 3 is 2.58 bits per heavy atom. The minimum Gasteiger partial charge on any atom is -0.319 e. The normalized spacial score (nSPS) is 6.67. The average Bonchev–Trinajstić information content (AvgIpc) is 2.15. The molecule has 1 heterocycles. The van der Waals surface area contributed by atoms with Crippen LogP contribution >= 0.6 is 0 Å². The molecule has 0 saturated carbocycles. The van der Waals surface area contributed by atoms with Crippen LogP contribution in [0.4, 0.5) is 5.88 Å². The molecule has 0 aromatic carbocycles. The minimum absolute atomic E-state index is 0. The van der Waals surface area contributed by atoms with E-state index in [9.17, 15) is 4.79 Å². The Balaban J connectivity index is -0.000000270. The third kappa shape index (κ3) is 5.60. The first kappa shape index (κ1) is 17.1. The smallest absolute Gasteiger partial charge is 0.249 e. The Hall–Kier alpha value is -1.17. The van der Waals surface area contributed by atoms with Crippen molar-refractivity contribution in [2.24, 2.45) is 0 Å². The second-order valence-electron chi connectivity index (χ2n) is 1.33. The van der Waals surface area contributed by atoms with Gasteiger partial charge in [-0.05, 0) is 0 Å². The summed E-state index contributed by atoms with van der Waals surface area (Å²) in [6.07, 6.45) is 1.28. The first-order valence-electron chi connectivity index (χ1n) is 2.19. The van der Waals surface area contributed by atoms with Crippen LogP contribution in [0.5, 0.6) is 0 Å². The molecule has 1 aromatic rings. The molecular formula is C4H4N3O2ReRfW-. The minimum atomic E-state index is -0.450. The number of carbonyl (C=O) groups excluding carboxylic acids is 1. The summed E-state index contributed by atoms with van der Waals surface area (Å²) in [7, 11) is 0. The van der Waals surface area contributed by atoms with Crippen LogP contribution < -0.4 is 5.32 Å². The fourth-order valence-electron chi connectivity index (χ4n) is 0.360. The SMILES string of the molecule is [CH2-]C(=O)Nc1cnno1.[Re].[Rf].[W]. The molecule has 0 spiro atoms. The van der Waals surface area contributed by atoms with Crippen LogP contribution in [0, 0.1) is 6.92 Å². The predicted octanol–water partition coefficient (Wildman–Crippen LogP) is -0.163. The molecule has 0 aliphatic carbocycles. The molecule has 0 unspecified atom stereocenters. The zero-order valence-electron chi connectivity index (χ0n) is 5.99. The van der Waals surface area contributed by atoms with Crippen molar-refractivity contribution in [2.75, 3.05) is 5.32 Å². The summed E-state index contributed by atoms with van der Waals surface area (Å²) < 4.78 is 4.41. The molecule has 1 N–H and O–H groups in total. The first-order chi connectivity index (χ1) is 4.29. The van der Waals surface area contributed by atoms with E-state index in [4.69, 9.17) is 0 Å². The van der Waals surface area contributed by atoms with E-state index in [0.717, 1.165) is 0 Å². The van der Waals surface area contributed by atoms with Crippen LogP contribution in [0.15, 0.2) is 10.7 Å². The van der Waals surface area contributed by atoms with Gasteiger partial charge in [0.2, 0.25) is 5.88 Å². The predicted molar refractivity (Wildman–Crippen MR) is 28.3 cm³/mol. The van der Waals surface area contributed by atoms with Gasteiger partial charge in [0.1, 0.15) is 6.20 Å². The molecule has 0 aliphatic heterocycles. The molecule has 1 radical (unpaired) electrons. The van der Waals surface area contributed by atoms with E-state index in [1.807, 2.05) is 0 Å². The number of aromatic nitrogens is 2. The largest absolute Gasteiger partial charge is 0.319 e. The number of carbonyl (C=O) groups is 1. The van der Waals surface area contributed by atoms with Crippen LogP contribution in [0.1, 0.15) is 0 Å². The van der Waals surface area contributed by atoms with E-state index in [0.29, 0.717) is 0 Å². The number of hydrogen-bond acceptors (Lipinski definition) is 4. The summed E-state index contributed by atoms with van der Waals surface area (Å²) in [6.45, 7) is 3.05. The van der Waals surface area contributed by atoms with Gasteiger partial charge in [0.15, 0.2) is 0 Å². The molecule has 0 saturated heterocycles. The zero-order valence-corrected chi connectivity index (χ0v) is 18.0. The molecule has 8 heteroatoms. The second-order valence-corrected chi connectivity index (χ2v) is 1.33. The topological polar surface area (TPSA) is 68.0 Å². The molecule has 1 rings (SSSR count). The van der Waals surface area contributed by atoms with Crippen molar-refractivity contribution in [1.82, 2.24) is 10.4 Å². The fourth-order valence-corrected chi connectivity index (χ4v) is 0.360. The van der Waals surface area contributed by atoms with E-state index in [2.05, 4.69) is 27.1 Å². The summed E-state index contributed by atoms with van der Waals surface area (Å²) in [6, 6.07) is 0. The first-order valence-corrected chi connectivity index (χ1v) is 2.19. The summed E-state index contributed by atoms with van der Waals surface area (Å²) in [4.78, 5) is 10.2. The monoisotopic (exact) mass is 764 g/mol. The number of rotatable bonds is 1. The maximum atomic E-state index is 10.2. The van der Waals surface area contributed by atoms with Crippen molar-refractivity contribution in [1.29, 1.82) is 0 Å². The zero-order chi connectivity index (χ0) is 6.69. The summed E-state index contributed by atoms with van der Waals surface area (Å²) in [5.41, 5.74) is 0. The summed E-state index contributed by atoms with van der Waals surface area (Å²) in [5.74, 6) is -0.247. The Morgan fingerprint density at radius 1 is 1.67 bits per heavy atom. The summed E-state index contributed by atoms with van der Waals surface area (Å²) in [5, 5.41) is 8.67. The molecule has 63 valence electrons. The Bertz CT molecular complexity index is 208. The van der Waals surface area contributed by atoms with E-state index in [-0.39, 0.29) is 47.4 Å². The number of amides is 1.